The zero-order chi connectivity index (χ0) is 12.8. The van der Waals surface area contributed by atoms with Gasteiger partial charge in [-0.1, -0.05) is 12.1 Å². The molecule has 0 bridgehead atoms. The van der Waals surface area contributed by atoms with Gasteiger partial charge in [0.2, 0.25) is 0 Å². The van der Waals surface area contributed by atoms with Gasteiger partial charge in [-0.15, -0.1) is 5.10 Å². The largest absolute Gasteiger partial charge is 0.399 e. The number of hydrogen-bond donors (Lipinski definition) is 1. The van der Waals surface area contributed by atoms with Crippen LogP contribution in [0.2, 0.25) is 0 Å². The molecule has 5 nitrogen and oxygen atoms in total. The van der Waals surface area contributed by atoms with E-state index in [-0.39, 0.29) is 0 Å². The Morgan fingerprint density at radius 2 is 1.89 bits per heavy atom. The van der Waals surface area contributed by atoms with Gasteiger partial charge in [-0.05, 0) is 60.1 Å². The van der Waals surface area contributed by atoms with Crippen LogP contribution in [0, 0.1) is 11.8 Å². The smallest absolute Gasteiger partial charge is 0.182 e. The molecule has 1 aromatic heterocycles. The Labute approximate surface area is 111 Å². The molecule has 98 valence electrons. The summed E-state index contributed by atoms with van der Waals surface area (Å²) in [4.78, 5) is 0. The van der Waals surface area contributed by atoms with E-state index in [0.717, 1.165) is 28.9 Å². The van der Waals surface area contributed by atoms with Crippen molar-refractivity contribution in [3.63, 3.8) is 0 Å². The molecule has 0 spiro atoms. The number of nitrogens with two attached hydrogens (primary N) is 1. The minimum atomic E-state index is 0.492. The Bertz CT molecular complexity index is 585. The van der Waals surface area contributed by atoms with Crippen LogP contribution in [-0.4, -0.2) is 20.2 Å². The van der Waals surface area contributed by atoms with Crippen LogP contribution < -0.4 is 5.73 Å². The molecule has 0 unspecified atom stereocenters. The number of rotatable bonds is 4. The summed E-state index contributed by atoms with van der Waals surface area (Å²) in [7, 11) is 0. The van der Waals surface area contributed by atoms with E-state index in [1.165, 1.54) is 25.7 Å². The van der Waals surface area contributed by atoms with Crippen LogP contribution in [-0.2, 0) is 0 Å². The number of nitrogens with zero attached hydrogens (tertiary/aromatic N) is 4. The summed E-state index contributed by atoms with van der Waals surface area (Å²) in [6.07, 6.45) is 5.27. The van der Waals surface area contributed by atoms with E-state index in [0.29, 0.717) is 6.04 Å². The van der Waals surface area contributed by atoms with Gasteiger partial charge in [0, 0.05) is 11.3 Å². The fraction of sp³-hybridized carbons (Fsp3) is 0.500. The van der Waals surface area contributed by atoms with Gasteiger partial charge in [-0.2, -0.15) is 0 Å². The molecule has 0 aliphatic heterocycles. The third kappa shape index (κ3) is 1.99. The topological polar surface area (TPSA) is 69.6 Å². The number of anilines is 1. The van der Waals surface area contributed by atoms with Gasteiger partial charge in [0.25, 0.3) is 0 Å². The highest BCUT2D eigenvalue weighted by atomic mass is 15.6. The maximum absolute atomic E-state index is 5.86. The fourth-order valence-electron chi connectivity index (χ4n) is 2.92. The van der Waals surface area contributed by atoms with Crippen LogP contribution in [0.25, 0.3) is 11.4 Å². The van der Waals surface area contributed by atoms with Crippen LogP contribution in [0.5, 0.6) is 0 Å². The molecule has 2 fully saturated rings. The summed E-state index contributed by atoms with van der Waals surface area (Å²) < 4.78 is 2.05. The lowest BCUT2D eigenvalue weighted by Crippen LogP contribution is -2.16. The predicted octanol–water partition coefficient (Wildman–Crippen LogP) is 2.28. The Morgan fingerprint density at radius 1 is 1.16 bits per heavy atom. The highest BCUT2D eigenvalue weighted by Gasteiger charge is 2.44. The summed E-state index contributed by atoms with van der Waals surface area (Å²) in [5.74, 6) is 2.41. The van der Waals surface area contributed by atoms with Crippen LogP contribution in [0.15, 0.2) is 24.3 Å². The zero-order valence-electron chi connectivity index (χ0n) is 10.7. The highest BCUT2D eigenvalue weighted by molar-refractivity contribution is 5.60. The number of benzene rings is 1. The standard InChI is InChI=1S/C14H17N5/c15-12-3-1-2-11(8-12)14-16-17-18-19(14)13(9-4-5-9)10-6-7-10/h1-3,8-10,13H,4-7,15H2. The number of tetrazole rings is 1. The molecule has 2 N–H and O–H groups in total. The van der Waals surface area contributed by atoms with Crippen molar-refractivity contribution in [1.82, 2.24) is 20.2 Å². The van der Waals surface area contributed by atoms with Crippen molar-refractivity contribution < 1.29 is 0 Å². The molecular formula is C14H17N5. The monoisotopic (exact) mass is 255 g/mol. The molecule has 0 radical (unpaired) electrons. The minimum absolute atomic E-state index is 0.492. The summed E-state index contributed by atoms with van der Waals surface area (Å²) in [5, 5.41) is 12.4. The predicted molar refractivity (Wildman–Crippen MR) is 72.2 cm³/mol. The molecule has 0 saturated heterocycles. The molecule has 2 aliphatic carbocycles. The molecule has 2 aliphatic rings. The number of aromatic nitrogens is 4. The fourth-order valence-corrected chi connectivity index (χ4v) is 2.92. The van der Waals surface area contributed by atoms with E-state index >= 15 is 0 Å². The van der Waals surface area contributed by atoms with Gasteiger partial charge in [0.05, 0.1) is 6.04 Å². The number of hydrogen-bond acceptors (Lipinski definition) is 4. The van der Waals surface area contributed by atoms with Crippen LogP contribution >= 0.6 is 0 Å². The van der Waals surface area contributed by atoms with Crippen LogP contribution in [0.4, 0.5) is 5.69 Å². The van der Waals surface area contributed by atoms with E-state index in [4.69, 9.17) is 5.73 Å². The summed E-state index contributed by atoms with van der Waals surface area (Å²) in [6, 6.07) is 8.30. The Hall–Kier alpha value is -1.91. The molecule has 19 heavy (non-hydrogen) atoms. The van der Waals surface area contributed by atoms with Gasteiger partial charge in [0.15, 0.2) is 5.82 Å². The average Bonchev–Trinajstić information content (AvgIpc) is 3.31. The number of nitrogen functional groups attached to an aromatic ring is 1. The molecule has 1 aromatic carbocycles. The normalized spacial score (nSPS) is 19.0. The van der Waals surface area contributed by atoms with Crippen molar-refractivity contribution in [3.05, 3.63) is 24.3 Å². The van der Waals surface area contributed by atoms with Crippen molar-refractivity contribution in [2.75, 3.05) is 5.73 Å². The third-order valence-electron chi connectivity index (χ3n) is 4.13. The Balaban J connectivity index is 1.75. The first-order valence-corrected chi connectivity index (χ1v) is 6.97. The van der Waals surface area contributed by atoms with Gasteiger partial charge >= 0.3 is 0 Å². The van der Waals surface area contributed by atoms with Crippen LogP contribution in [0.1, 0.15) is 31.7 Å². The molecule has 0 amide bonds. The quantitative estimate of drug-likeness (QED) is 0.851. The second-order valence-corrected chi connectivity index (χ2v) is 5.74. The van der Waals surface area contributed by atoms with Crippen molar-refractivity contribution in [3.8, 4) is 11.4 Å². The SMILES string of the molecule is Nc1cccc(-c2nnnn2C(C2CC2)C2CC2)c1. The molecule has 2 saturated carbocycles. The summed E-state index contributed by atoms with van der Waals surface area (Å²) in [6.45, 7) is 0. The molecule has 0 atom stereocenters. The summed E-state index contributed by atoms with van der Waals surface area (Å²) >= 11 is 0. The average molecular weight is 255 g/mol. The van der Waals surface area contributed by atoms with Crippen molar-refractivity contribution >= 4 is 5.69 Å². The van der Waals surface area contributed by atoms with E-state index < -0.39 is 0 Å². The lowest BCUT2D eigenvalue weighted by molar-refractivity contribution is 0.357. The maximum atomic E-state index is 5.86. The van der Waals surface area contributed by atoms with Crippen molar-refractivity contribution in [2.45, 2.75) is 31.7 Å². The van der Waals surface area contributed by atoms with Gasteiger partial charge < -0.3 is 5.73 Å². The van der Waals surface area contributed by atoms with E-state index in [1.807, 2.05) is 28.9 Å². The highest BCUT2D eigenvalue weighted by Crippen LogP contribution is 2.52. The van der Waals surface area contributed by atoms with Gasteiger partial charge in [-0.25, -0.2) is 4.68 Å². The van der Waals surface area contributed by atoms with E-state index in [1.54, 1.807) is 0 Å². The Kier molecular flexibility index (Phi) is 2.33. The van der Waals surface area contributed by atoms with E-state index in [9.17, 15) is 0 Å². The lowest BCUT2D eigenvalue weighted by Gasteiger charge is -2.17. The van der Waals surface area contributed by atoms with E-state index in [2.05, 4.69) is 15.5 Å². The third-order valence-corrected chi connectivity index (χ3v) is 4.13. The first-order valence-electron chi connectivity index (χ1n) is 6.97. The second-order valence-electron chi connectivity index (χ2n) is 5.74. The molecular weight excluding hydrogens is 238 g/mol. The zero-order valence-corrected chi connectivity index (χ0v) is 10.7. The molecule has 5 heteroatoms. The first kappa shape index (κ1) is 11.0. The Morgan fingerprint density at radius 3 is 2.53 bits per heavy atom. The summed E-state index contributed by atoms with van der Waals surface area (Å²) in [5.41, 5.74) is 7.62. The molecule has 1 heterocycles. The van der Waals surface area contributed by atoms with Gasteiger partial charge in [-0.3, -0.25) is 0 Å². The molecule has 4 rings (SSSR count). The maximum Gasteiger partial charge on any atom is 0.182 e. The van der Waals surface area contributed by atoms with Crippen molar-refractivity contribution in [2.24, 2.45) is 11.8 Å². The lowest BCUT2D eigenvalue weighted by atomic mass is 10.1. The van der Waals surface area contributed by atoms with Gasteiger partial charge in [0.1, 0.15) is 0 Å². The first-order chi connectivity index (χ1) is 9.33. The molecule has 2 aromatic rings. The minimum Gasteiger partial charge on any atom is -0.399 e. The van der Waals surface area contributed by atoms with Crippen LogP contribution in [0.3, 0.4) is 0 Å². The second kappa shape index (κ2) is 4.05. The van der Waals surface area contributed by atoms with Crippen molar-refractivity contribution in [1.29, 1.82) is 0 Å².